The van der Waals surface area contributed by atoms with Crippen LogP contribution in [0.4, 0.5) is 0 Å². The zero-order chi connectivity index (χ0) is 22.8. The van der Waals surface area contributed by atoms with Gasteiger partial charge in [-0.2, -0.15) is 5.26 Å². The van der Waals surface area contributed by atoms with Gasteiger partial charge in [-0.15, -0.1) is 0 Å². The Bertz CT molecular complexity index is 1110. The van der Waals surface area contributed by atoms with Crippen LogP contribution in [-0.4, -0.2) is 25.0 Å². The van der Waals surface area contributed by atoms with Crippen molar-refractivity contribution < 1.29 is 14.3 Å². The fourth-order valence-corrected chi connectivity index (χ4v) is 4.24. The first-order chi connectivity index (χ1) is 15.6. The number of nitrogens with one attached hydrogen (secondary N) is 1. The van der Waals surface area contributed by atoms with Crippen LogP contribution in [0.15, 0.2) is 88.7 Å². The summed E-state index contributed by atoms with van der Waals surface area (Å²) in [4.78, 5) is 27.0. The molecule has 1 atom stereocenters. The van der Waals surface area contributed by atoms with Crippen molar-refractivity contribution in [2.24, 2.45) is 5.92 Å². The smallest absolute Gasteiger partial charge is 0.311 e. The molecule has 5 nitrogen and oxygen atoms in total. The van der Waals surface area contributed by atoms with E-state index in [2.05, 4.69) is 11.4 Å². The normalized spacial score (nSPS) is 11.2. The first-order valence-corrected chi connectivity index (χ1v) is 11.2. The van der Waals surface area contributed by atoms with E-state index in [-0.39, 0.29) is 25.0 Å². The minimum atomic E-state index is -0.486. The number of ether oxygens (including phenoxy) is 1. The predicted molar refractivity (Wildman–Crippen MR) is 124 cm³/mol. The lowest BCUT2D eigenvalue weighted by molar-refractivity contribution is -0.147. The molecule has 1 N–H and O–H groups in total. The topological polar surface area (TPSA) is 79.2 Å². The van der Waals surface area contributed by atoms with E-state index < -0.39 is 5.92 Å². The maximum atomic E-state index is 13.0. The van der Waals surface area contributed by atoms with E-state index in [1.807, 2.05) is 60.7 Å². The fourth-order valence-electron chi connectivity index (χ4n) is 3.22. The summed E-state index contributed by atoms with van der Waals surface area (Å²) in [5, 5.41) is 12.2. The van der Waals surface area contributed by atoms with Crippen LogP contribution in [0.25, 0.3) is 0 Å². The summed E-state index contributed by atoms with van der Waals surface area (Å²) >= 11 is 1.37. The highest BCUT2D eigenvalue weighted by molar-refractivity contribution is 7.99. The van der Waals surface area contributed by atoms with Crippen molar-refractivity contribution >= 4 is 23.6 Å². The Morgan fingerprint density at radius 2 is 1.62 bits per heavy atom. The zero-order valence-electron chi connectivity index (χ0n) is 17.8. The highest BCUT2D eigenvalue weighted by Gasteiger charge is 2.22. The second kappa shape index (κ2) is 11.7. The second-order valence-corrected chi connectivity index (χ2v) is 8.14. The van der Waals surface area contributed by atoms with Gasteiger partial charge < -0.3 is 10.1 Å². The molecule has 162 valence electrons. The van der Waals surface area contributed by atoms with Crippen LogP contribution in [0.3, 0.4) is 0 Å². The van der Waals surface area contributed by atoms with E-state index in [1.54, 1.807) is 25.1 Å². The average molecular weight is 445 g/mol. The first kappa shape index (κ1) is 23.1. The molecule has 0 aliphatic heterocycles. The number of hydrogen-bond acceptors (Lipinski definition) is 5. The van der Waals surface area contributed by atoms with Crippen LogP contribution >= 0.6 is 11.8 Å². The monoisotopic (exact) mass is 444 g/mol. The molecule has 3 rings (SSSR count). The van der Waals surface area contributed by atoms with Gasteiger partial charge in [-0.3, -0.25) is 9.59 Å². The van der Waals surface area contributed by atoms with Gasteiger partial charge in [0.1, 0.15) is 6.07 Å². The maximum absolute atomic E-state index is 13.0. The molecule has 0 fully saturated rings. The van der Waals surface area contributed by atoms with Crippen molar-refractivity contribution in [3.05, 3.63) is 95.6 Å². The van der Waals surface area contributed by atoms with Crippen LogP contribution < -0.4 is 5.32 Å². The quantitative estimate of drug-likeness (QED) is 0.477. The van der Waals surface area contributed by atoms with Gasteiger partial charge in [0.05, 0.1) is 23.7 Å². The molecule has 0 aliphatic rings. The number of esters is 1. The summed E-state index contributed by atoms with van der Waals surface area (Å²) in [6.07, 6.45) is 0.478. The molecule has 1 unspecified atom stereocenters. The van der Waals surface area contributed by atoms with Crippen molar-refractivity contribution in [3.63, 3.8) is 0 Å². The standard InChI is InChI=1S/C26H24N2O3S/c1-2-31-26(30)21(16-19-10-4-3-5-11-19)18-28-25(29)22-13-7-9-15-24(22)32-23-14-8-6-12-20(23)17-27/h3-15,21H,2,16,18H2,1H3,(H,28,29). The number of carbonyl (C=O) groups excluding carboxylic acids is 2. The van der Waals surface area contributed by atoms with Gasteiger partial charge in [0, 0.05) is 16.3 Å². The lowest BCUT2D eigenvalue weighted by Gasteiger charge is -2.17. The Balaban J connectivity index is 1.74. The number of carbonyl (C=O) groups is 2. The third-order valence-corrected chi connectivity index (χ3v) is 5.96. The molecular weight excluding hydrogens is 420 g/mol. The van der Waals surface area contributed by atoms with E-state index in [9.17, 15) is 14.9 Å². The zero-order valence-corrected chi connectivity index (χ0v) is 18.6. The van der Waals surface area contributed by atoms with Crippen molar-refractivity contribution in [1.82, 2.24) is 5.32 Å². The SMILES string of the molecule is CCOC(=O)C(CNC(=O)c1ccccc1Sc1ccccc1C#N)Cc1ccccc1. The van der Waals surface area contributed by atoms with Crippen LogP contribution in [0, 0.1) is 17.2 Å². The molecular formula is C26H24N2O3S. The van der Waals surface area contributed by atoms with E-state index in [0.717, 1.165) is 15.4 Å². The maximum Gasteiger partial charge on any atom is 0.311 e. The Labute approximate surface area is 192 Å². The Kier molecular flexibility index (Phi) is 8.47. The summed E-state index contributed by atoms with van der Waals surface area (Å²) in [6, 6.07) is 26.3. The van der Waals surface area contributed by atoms with Gasteiger partial charge in [0.15, 0.2) is 0 Å². The molecule has 3 aromatic carbocycles. The second-order valence-electron chi connectivity index (χ2n) is 7.05. The van der Waals surface area contributed by atoms with Crippen LogP contribution in [0.2, 0.25) is 0 Å². The summed E-state index contributed by atoms with van der Waals surface area (Å²) in [6.45, 7) is 2.22. The molecule has 6 heteroatoms. The molecule has 0 heterocycles. The first-order valence-electron chi connectivity index (χ1n) is 10.4. The van der Waals surface area contributed by atoms with E-state index in [4.69, 9.17) is 4.74 Å². The van der Waals surface area contributed by atoms with Crippen molar-refractivity contribution in [3.8, 4) is 6.07 Å². The van der Waals surface area contributed by atoms with E-state index in [1.165, 1.54) is 11.8 Å². The number of rotatable bonds is 9. The van der Waals surface area contributed by atoms with Crippen molar-refractivity contribution in [1.29, 1.82) is 5.26 Å². The number of amides is 1. The number of nitriles is 1. The van der Waals surface area contributed by atoms with Crippen molar-refractivity contribution in [2.45, 2.75) is 23.1 Å². The van der Waals surface area contributed by atoms with Gasteiger partial charge in [-0.25, -0.2) is 0 Å². The van der Waals surface area contributed by atoms with Gasteiger partial charge in [0.25, 0.3) is 5.91 Å². The number of hydrogen-bond donors (Lipinski definition) is 1. The molecule has 0 saturated heterocycles. The molecule has 0 aliphatic carbocycles. The largest absolute Gasteiger partial charge is 0.466 e. The molecule has 3 aromatic rings. The summed E-state index contributed by atoms with van der Waals surface area (Å²) in [5.41, 5.74) is 2.05. The number of benzene rings is 3. The molecule has 0 spiro atoms. The lowest BCUT2D eigenvalue weighted by atomic mass is 9.99. The highest BCUT2D eigenvalue weighted by atomic mass is 32.2. The molecule has 0 saturated carbocycles. The van der Waals surface area contributed by atoms with Gasteiger partial charge >= 0.3 is 5.97 Å². The Hall–Kier alpha value is -3.56. The summed E-state index contributed by atoms with van der Waals surface area (Å²) in [5.74, 6) is -1.09. The Morgan fingerprint density at radius 1 is 0.969 bits per heavy atom. The van der Waals surface area contributed by atoms with E-state index in [0.29, 0.717) is 17.5 Å². The van der Waals surface area contributed by atoms with Gasteiger partial charge in [0.2, 0.25) is 0 Å². The minimum absolute atomic E-state index is 0.167. The molecule has 0 aromatic heterocycles. The van der Waals surface area contributed by atoms with Gasteiger partial charge in [-0.05, 0) is 43.2 Å². The van der Waals surface area contributed by atoms with Crippen LogP contribution in [0.1, 0.15) is 28.4 Å². The molecule has 0 radical (unpaired) electrons. The third kappa shape index (κ3) is 6.22. The van der Waals surface area contributed by atoms with Crippen LogP contribution in [0.5, 0.6) is 0 Å². The summed E-state index contributed by atoms with van der Waals surface area (Å²) < 4.78 is 5.22. The summed E-state index contributed by atoms with van der Waals surface area (Å²) in [7, 11) is 0. The minimum Gasteiger partial charge on any atom is -0.466 e. The molecule has 0 bridgehead atoms. The fraction of sp³-hybridized carbons (Fsp3) is 0.192. The number of nitrogens with zero attached hydrogens (tertiary/aromatic N) is 1. The average Bonchev–Trinajstić information content (AvgIpc) is 2.83. The van der Waals surface area contributed by atoms with Crippen molar-refractivity contribution in [2.75, 3.05) is 13.2 Å². The lowest BCUT2D eigenvalue weighted by Crippen LogP contribution is -2.35. The van der Waals surface area contributed by atoms with E-state index >= 15 is 0 Å². The highest BCUT2D eigenvalue weighted by Crippen LogP contribution is 2.32. The molecule has 1 amide bonds. The Morgan fingerprint density at radius 3 is 2.34 bits per heavy atom. The molecule has 32 heavy (non-hydrogen) atoms. The van der Waals surface area contributed by atoms with Crippen LogP contribution in [-0.2, 0) is 16.0 Å². The predicted octanol–water partition coefficient (Wildman–Crippen LogP) is 4.86. The third-order valence-electron chi connectivity index (χ3n) is 4.81. The van der Waals surface area contributed by atoms with Gasteiger partial charge in [-0.1, -0.05) is 66.4 Å².